The number of benzene rings is 2. The molecule has 0 saturated heterocycles. The van der Waals surface area contributed by atoms with Crippen molar-refractivity contribution >= 4 is 35.7 Å². The maximum Gasteiger partial charge on any atom is 0.292 e. The van der Waals surface area contributed by atoms with E-state index in [9.17, 15) is 24.3 Å². The molecule has 2 aromatic heterocycles. The third-order valence-corrected chi connectivity index (χ3v) is 5.85. The Labute approximate surface area is 236 Å². The summed E-state index contributed by atoms with van der Waals surface area (Å²) in [6.45, 7) is 4.62. The third kappa shape index (κ3) is 7.02. The second kappa shape index (κ2) is 13.4. The Morgan fingerprint density at radius 3 is 2.58 bits per heavy atom. The van der Waals surface area contributed by atoms with Crippen molar-refractivity contribution in [2.75, 3.05) is 17.2 Å². The van der Waals surface area contributed by atoms with Gasteiger partial charge in [-0.2, -0.15) is 5.26 Å². The monoisotopic (exact) mass is 563 g/mol. The highest BCUT2D eigenvalue weighted by Crippen LogP contribution is 2.36. The zero-order chi connectivity index (χ0) is 27.9. The molecule has 4 aromatic rings. The van der Waals surface area contributed by atoms with Crippen molar-refractivity contribution in [1.29, 1.82) is 5.26 Å². The number of furan rings is 1. The first-order chi connectivity index (χ1) is 18.8. The molecular weight excluding hydrogens is 537 g/mol. The lowest BCUT2D eigenvalue weighted by Gasteiger charge is -2.15. The maximum absolute atomic E-state index is 13.7. The van der Waals surface area contributed by atoms with E-state index in [4.69, 9.17) is 4.42 Å². The molecular formula is C29H27ClFN5O4. The molecule has 0 aliphatic carbocycles. The van der Waals surface area contributed by atoms with Gasteiger partial charge in [-0.1, -0.05) is 19.1 Å². The quantitative estimate of drug-likeness (QED) is 0.204. The number of phenolic OH excluding ortho intramolecular Hbond substituents is 1. The molecule has 0 aliphatic heterocycles. The third-order valence-electron chi connectivity index (χ3n) is 5.85. The van der Waals surface area contributed by atoms with Crippen molar-refractivity contribution in [3.63, 3.8) is 0 Å². The van der Waals surface area contributed by atoms with Crippen molar-refractivity contribution < 1.29 is 23.5 Å². The summed E-state index contributed by atoms with van der Waals surface area (Å²) >= 11 is 0. The van der Waals surface area contributed by atoms with Crippen LogP contribution in [0.1, 0.15) is 36.4 Å². The molecule has 0 radical (unpaired) electrons. The molecule has 0 aliphatic rings. The topological polar surface area (TPSA) is 140 Å². The Hall–Kier alpha value is -4.72. The smallest absolute Gasteiger partial charge is 0.292 e. The van der Waals surface area contributed by atoms with Crippen LogP contribution in [0.3, 0.4) is 0 Å². The van der Waals surface area contributed by atoms with Gasteiger partial charge >= 0.3 is 0 Å². The van der Waals surface area contributed by atoms with Crippen molar-refractivity contribution in [3.05, 3.63) is 84.1 Å². The van der Waals surface area contributed by atoms with Crippen LogP contribution in [0.2, 0.25) is 0 Å². The number of rotatable bonds is 9. The van der Waals surface area contributed by atoms with Gasteiger partial charge < -0.3 is 25.5 Å². The minimum absolute atomic E-state index is 0. The number of pyridine rings is 1. The second-order valence-electron chi connectivity index (χ2n) is 8.78. The van der Waals surface area contributed by atoms with E-state index < -0.39 is 11.7 Å². The average molecular weight is 564 g/mol. The molecule has 0 saturated carbocycles. The molecule has 9 nitrogen and oxygen atoms in total. The van der Waals surface area contributed by atoms with Gasteiger partial charge in [-0.25, -0.2) is 9.37 Å². The van der Waals surface area contributed by atoms with Crippen molar-refractivity contribution in [2.24, 2.45) is 0 Å². The normalized spacial score (nSPS) is 11.2. The first kappa shape index (κ1) is 29.8. The van der Waals surface area contributed by atoms with Crippen LogP contribution in [-0.2, 0) is 4.79 Å². The number of halogens is 2. The molecule has 0 fully saturated rings. The van der Waals surface area contributed by atoms with Gasteiger partial charge in [0.15, 0.2) is 11.6 Å². The summed E-state index contributed by atoms with van der Waals surface area (Å²) in [4.78, 5) is 29.7. The van der Waals surface area contributed by atoms with E-state index in [1.54, 1.807) is 36.4 Å². The Morgan fingerprint density at radius 2 is 1.90 bits per heavy atom. The number of aromatic nitrogens is 1. The van der Waals surface area contributed by atoms with Crippen LogP contribution in [-0.4, -0.2) is 34.5 Å². The highest BCUT2D eigenvalue weighted by Gasteiger charge is 2.20. The number of hydrogen-bond donors (Lipinski definition) is 4. The molecule has 1 unspecified atom stereocenters. The molecule has 40 heavy (non-hydrogen) atoms. The SMILES string of the molecule is CCNC(C)CC(=O)Nc1cccc(-c2cc(-c3ccc(F)cc3O)nc(NC(=O)c3ccco3)c2C#N)c1.Cl. The molecule has 4 rings (SSSR count). The number of phenols is 1. The van der Waals surface area contributed by atoms with E-state index >= 15 is 0 Å². The van der Waals surface area contributed by atoms with E-state index in [2.05, 4.69) is 27.0 Å². The predicted molar refractivity (Wildman–Crippen MR) is 152 cm³/mol. The number of carbonyl (C=O) groups is 2. The van der Waals surface area contributed by atoms with Gasteiger partial charge in [0.25, 0.3) is 5.91 Å². The number of nitriles is 1. The summed E-state index contributed by atoms with van der Waals surface area (Å²) in [5.74, 6) is -1.89. The van der Waals surface area contributed by atoms with Crippen LogP contribution in [0.5, 0.6) is 5.75 Å². The lowest BCUT2D eigenvalue weighted by molar-refractivity contribution is -0.116. The highest BCUT2D eigenvalue weighted by atomic mass is 35.5. The Balaban J connectivity index is 0.00000441. The van der Waals surface area contributed by atoms with Crippen LogP contribution >= 0.6 is 12.4 Å². The fourth-order valence-electron chi connectivity index (χ4n) is 4.09. The Kier molecular flexibility index (Phi) is 9.97. The second-order valence-corrected chi connectivity index (χ2v) is 8.78. The fraction of sp³-hybridized carbons (Fsp3) is 0.172. The number of carbonyl (C=O) groups excluding carboxylic acids is 2. The summed E-state index contributed by atoms with van der Waals surface area (Å²) < 4.78 is 18.8. The molecule has 2 aromatic carbocycles. The summed E-state index contributed by atoms with van der Waals surface area (Å²) in [7, 11) is 0. The first-order valence-corrected chi connectivity index (χ1v) is 12.2. The largest absolute Gasteiger partial charge is 0.507 e. The average Bonchev–Trinajstić information content (AvgIpc) is 3.44. The predicted octanol–water partition coefficient (Wildman–Crippen LogP) is 5.73. The number of nitrogens with zero attached hydrogens (tertiary/aromatic N) is 2. The van der Waals surface area contributed by atoms with Gasteiger partial charge in [0.2, 0.25) is 5.91 Å². The van der Waals surface area contributed by atoms with Gasteiger partial charge in [-0.3, -0.25) is 9.59 Å². The first-order valence-electron chi connectivity index (χ1n) is 12.2. The zero-order valence-electron chi connectivity index (χ0n) is 21.7. The summed E-state index contributed by atoms with van der Waals surface area (Å²) in [6.07, 6.45) is 1.61. The van der Waals surface area contributed by atoms with Gasteiger partial charge in [-0.05, 0) is 61.5 Å². The van der Waals surface area contributed by atoms with E-state index in [1.807, 2.05) is 13.8 Å². The summed E-state index contributed by atoms with van der Waals surface area (Å²) in [5.41, 5.74) is 1.85. The number of aromatic hydroxyl groups is 1. The minimum atomic E-state index is -0.636. The highest BCUT2D eigenvalue weighted by molar-refractivity contribution is 6.03. The number of hydrogen-bond acceptors (Lipinski definition) is 7. The van der Waals surface area contributed by atoms with Crippen LogP contribution in [0.15, 0.2) is 71.3 Å². The van der Waals surface area contributed by atoms with Crippen molar-refractivity contribution in [1.82, 2.24) is 10.3 Å². The van der Waals surface area contributed by atoms with E-state index in [0.29, 0.717) is 16.8 Å². The minimum Gasteiger partial charge on any atom is -0.507 e. The molecule has 0 bridgehead atoms. The molecule has 2 heterocycles. The van der Waals surface area contributed by atoms with Crippen molar-refractivity contribution in [3.8, 4) is 34.2 Å². The van der Waals surface area contributed by atoms with Gasteiger partial charge in [0.05, 0.1) is 12.0 Å². The summed E-state index contributed by atoms with van der Waals surface area (Å²) in [5, 5.41) is 29.1. The number of amides is 2. The number of nitrogens with one attached hydrogen (secondary N) is 3. The van der Waals surface area contributed by atoms with Crippen LogP contribution < -0.4 is 16.0 Å². The summed E-state index contributed by atoms with van der Waals surface area (Å²) in [6, 6.07) is 17.0. The lowest BCUT2D eigenvalue weighted by Crippen LogP contribution is -2.30. The molecule has 11 heteroatoms. The van der Waals surface area contributed by atoms with Gasteiger partial charge in [0.1, 0.15) is 23.2 Å². The molecule has 2 amide bonds. The molecule has 206 valence electrons. The molecule has 4 N–H and O–H groups in total. The van der Waals surface area contributed by atoms with Crippen molar-refractivity contribution in [2.45, 2.75) is 26.3 Å². The van der Waals surface area contributed by atoms with Crippen LogP contribution in [0.4, 0.5) is 15.9 Å². The molecule has 1 atom stereocenters. The van der Waals surface area contributed by atoms with E-state index in [1.165, 1.54) is 24.5 Å². The Bertz CT molecular complexity index is 1550. The standard InChI is InChI=1S/C29H26FN5O4.ClH/c1-3-32-17(2)12-27(37)33-20-7-4-6-18(13-20)22-15-24(21-10-9-19(30)14-25(21)36)34-28(23(22)16-31)35-29(38)26-8-5-11-39-26;/h4-11,13-15,17,32,36H,3,12H2,1-2H3,(H,33,37)(H,34,35,38);1H. The zero-order valence-corrected chi connectivity index (χ0v) is 22.5. The molecule has 0 spiro atoms. The van der Waals surface area contributed by atoms with E-state index in [-0.39, 0.29) is 64.9 Å². The van der Waals surface area contributed by atoms with Gasteiger partial charge in [-0.15, -0.1) is 12.4 Å². The number of anilines is 2. The van der Waals surface area contributed by atoms with E-state index in [0.717, 1.165) is 12.6 Å². The van der Waals surface area contributed by atoms with Gasteiger partial charge in [0, 0.05) is 35.3 Å². The fourth-order valence-corrected chi connectivity index (χ4v) is 4.09. The van der Waals surface area contributed by atoms with Crippen LogP contribution in [0, 0.1) is 17.1 Å². The van der Waals surface area contributed by atoms with Crippen LogP contribution in [0.25, 0.3) is 22.4 Å². The Morgan fingerprint density at radius 1 is 1.10 bits per heavy atom. The maximum atomic E-state index is 13.7. The lowest BCUT2D eigenvalue weighted by atomic mass is 9.97.